The average Bonchev–Trinajstić information content (AvgIpc) is 3.55. The third kappa shape index (κ3) is 5.54. The third-order valence-electron chi connectivity index (χ3n) is 5.79. The predicted octanol–water partition coefficient (Wildman–Crippen LogP) is 6.45. The van der Waals surface area contributed by atoms with E-state index >= 15 is 0 Å². The Labute approximate surface area is 204 Å². The zero-order valence-corrected chi connectivity index (χ0v) is 20.5. The largest absolute Gasteiger partial charge is 0.417 e. The van der Waals surface area contributed by atoms with Gasteiger partial charge in [0.15, 0.2) is 0 Å². The van der Waals surface area contributed by atoms with Crippen molar-refractivity contribution in [3.8, 4) is 11.3 Å². The highest BCUT2D eigenvalue weighted by atomic mass is 32.2. The molecule has 36 heavy (non-hydrogen) atoms. The van der Waals surface area contributed by atoms with Crippen LogP contribution in [0, 0.1) is 5.41 Å². The number of benzene rings is 1. The molecule has 1 saturated carbocycles. The summed E-state index contributed by atoms with van der Waals surface area (Å²) in [6.45, 7) is 5.73. The minimum atomic E-state index is -4.95. The summed E-state index contributed by atoms with van der Waals surface area (Å²) in [5.41, 5.74) is -1.93. The zero-order valence-electron chi connectivity index (χ0n) is 19.7. The molecule has 0 bridgehead atoms. The summed E-state index contributed by atoms with van der Waals surface area (Å²) in [5.74, 6) is 0. The van der Waals surface area contributed by atoms with Crippen molar-refractivity contribution in [3.63, 3.8) is 0 Å². The van der Waals surface area contributed by atoms with Crippen LogP contribution in [0.15, 0.2) is 42.6 Å². The van der Waals surface area contributed by atoms with Gasteiger partial charge in [0.1, 0.15) is 11.7 Å². The first-order valence-electron chi connectivity index (χ1n) is 11.2. The van der Waals surface area contributed by atoms with Crippen LogP contribution >= 0.6 is 0 Å². The molecule has 0 aliphatic heterocycles. The lowest BCUT2D eigenvalue weighted by atomic mass is 9.97. The van der Waals surface area contributed by atoms with E-state index in [2.05, 4.69) is 4.98 Å². The van der Waals surface area contributed by atoms with Gasteiger partial charge in [-0.2, -0.15) is 31.1 Å². The highest BCUT2D eigenvalue weighted by Crippen LogP contribution is 2.41. The van der Waals surface area contributed by atoms with E-state index in [1.807, 2.05) is 25.5 Å². The first kappa shape index (κ1) is 26.5. The van der Waals surface area contributed by atoms with Gasteiger partial charge in [0, 0.05) is 29.3 Å². The van der Waals surface area contributed by atoms with Crippen LogP contribution in [0.4, 0.5) is 26.3 Å². The summed E-state index contributed by atoms with van der Waals surface area (Å²) in [7, 11) is -4.21. The summed E-state index contributed by atoms with van der Waals surface area (Å²) in [6.07, 6.45) is -7.85. The van der Waals surface area contributed by atoms with Crippen LogP contribution in [-0.4, -0.2) is 29.4 Å². The number of sulfonamides is 1. The van der Waals surface area contributed by atoms with Crippen LogP contribution in [0.3, 0.4) is 0 Å². The number of aromatic nitrogens is 2. The molecule has 0 amide bonds. The highest BCUT2D eigenvalue weighted by Gasteiger charge is 2.48. The Morgan fingerprint density at radius 2 is 1.67 bits per heavy atom. The molecule has 3 aromatic rings. The molecule has 0 unspecified atom stereocenters. The average molecular weight is 534 g/mol. The Balaban J connectivity index is 1.91. The van der Waals surface area contributed by atoms with Crippen LogP contribution in [0.1, 0.15) is 50.8 Å². The molecule has 5 nitrogen and oxygen atoms in total. The Morgan fingerprint density at radius 1 is 1.03 bits per heavy atom. The summed E-state index contributed by atoms with van der Waals surface area (Å²) in [5, 5.41) is -0.859. The van der Waals surface area contributed by atoms with Gasteiger partial charge < -0.3 is 4.57 Å². The fourth-order valence-corrected chi connectivity index (χ4v) is 5.64. The molecule has 1 aliphatic rings. The maximum absolute atomic E-state index is 14.1. The summed E-state index contributed by atoms with van der Waals surface area (Å²) in [4.78, 5) is 4.35. The van der Waals surface area contributed by atoms with Crippen LogP contribution < -0.4 is 4.72 Å². The lowest BCUT2D eigenvalue weighted by Gasteiger charge is -2.21. The topological polar surface area (TPSA) is 64.0 Å². The van der Waals surface area contributed by atoms with E-state index < -0.39 is 44.6 Å². The van der Waals surface area contributed by atoms with E-state index in [1.54, 1.807) is 0 Å². The Bertz CT molecular complexity index is 1380. The second-order valence-electron chi connectivity index (χ2n) is 10.2. The van der Waals surface area contributed by atoms with Crippen LogP contribution in [0.5, 0.6) is 0 Å². The maximum atomic E-state index is 14.1. The molecule has 2 heterocycles. The molecule has 1 aliphatic carbocycles. The maximum Gasteiger partial charge on any atom is 0.417 e. The molecule has 196 valence electrons. The number of hydrogen-bond donors (Lipinski definition) is 1. The first-order chi connectivity index (χ1) is 16.5. The fraction of sp³-hybridized carbons (Fsp3) is 0.458. The van der Waals surface area contributed by atoms with Gasteiger partial charge in [-0.3, -0.25) is 0 Å². The third-order valence-corrected chi connectivity index (χ3v) is 7.70. The van der Waals surface area contributed by atoms with Crippen molar-refractivity contribution in [2.75, 3.05) is 0 Å². The molecule has 1 fully saturated rings. The van der Waals surface area contributed by atoms with Crippen molar-refractivity contribution < 1.29 is 34.8 Å². The molecule has 0 radical (unpaired) electrons. The number of alkyl halides is 6. The first-order valence-corrected chi connectivity index (χ1v) is 12.8. The van der Waals surface area contributed by atoms with Gasteiger partial charge in [0.25, 0.3) is 0 Å². The summed E-state index contributed by atoms with van der Waals surface area (Å²) < 4.78 is 111. The SMILES string of the molecule is CC(C)(C)Cn1cc([C@H](NS(=O)(=O)C2CC2)C(F)(F)F)c2ccc(-c3ccccc3C(F)(F)F)nc21. The van der Waals surface area contributed by atoms with Crippen molar-refractivity contribution in [2.45, 2.75) is 63.8 Å². The lowest BCUT2D eigenvalue weighted by Crippen LogP contribution is -2.39. The molecule has 4 rings (SSSR count). The van der Waals surface area contributed by atoms with Crippen LogP contribution in [0.25, 0.3) is 22.3 Å². The number of halogens is 6. The Kier molecular flexibility index (Phi) is 6.44. The molecular formula is C24H25F6N3O2S. The number of nitrogens with one attached hydrogen (secondary N) is 1. The number of hydrogen-bond acceptors (Lipinski definition) is 3. The van der Waals surface area contributed by atoms with Gasteiger partial charge in [-0.05, 0) is 36.5 Å². The second kappa shape index (κ2) is 8.76. The zero-order chi connectivity index (χ0) is 26.7. The van der Waals surface area contributed by atoms with E-state index in [-0.39, 0.29) is 47.2 Å². The van der Waals surface area contributed by atoms with Gasteiger partial charge >= 0.3 is 12.4 Å². The van der Waals surface area contributed by atoms with Crippen molar-refractivity contribution in [1.82, 2.24) is 14.3 Å². The predicted molar refractivity (Wildman–Crippen MR) is 123 cm³/mol. The van der Waals surface area contributed by atoms with Gasteiger partial charge in [-0.25, -0.2) is 13.4 Å². The van der Waals surface area contributed by atoms with E-state index in [1.165, 1.54) is 41.1 Å². The minimum absolute atomic E-state index is 0.00770. The van der Waals surface area contributed by atoms with Crippen molar-refractivity contribution >= 4 is 21.1 Å². The molecule has 0 saturated heterocycles. The van der Waals surface area contributed by atoms with Crippen LogP contribution in [-0.2, 0) is 22.7 Å². The van der Waals surface area contributed by atoms with E-state index in [0.29, 0.717) is 0 Å². The number of pyridine rings is 1. The van der Waals surface area contributed by atoms with Gasteiger partial charge in [-0.15, -0.1) is 0 Å². The molecular weight excluding hydrogens is 508 g/mol. The fourth-order valence-electron chi connectivity index (χ4n) is 4.10. The molecule has 1 atom stereocenters. The molecule has 1 aromatic carbocycles. The number of rotatable bonds is 6. The Hall–Kier alpha value is -2.60. The van der Waals surface area contributed by atoms with E-state index in [9.17, 15) is 34.8 Å². The van der Waals surface area contributed by atoms with Gasteiger partial charge in [-0.1, -0.05) is 39.0 Å². The highest BCUT2D eigenvalue weighted by molar-refractivity contribution is 7.90. The van der Waals surface area contributed by atoms with Crippen molar-refractivity contribution in [2.24, 2.45) is 5.41 Å². The van der Waals surface area contributed by atoms with E-state index in [4.69, 9.17) is 0 Å². The van der Waals surface area contributed by atoms with Crippen molar-refractivity contribution in [3.05, 3.63) is 53.7 Å². The van der Waals surface area contributed by atoms with Gasteiger partial charge in [0.05, 0.1) is 16.5 Å². The monoisotopic (exact) mass is 533 g/mol. The minimum Gasteiger partial charge on any atom is -0.332 e. The molecule has 2 aromatic heterocycles. The smallest absolute Gasteiger partial charge is 0.332 e. The normalized spacial score (nSPS) is 16.5. The van der Waals surface area contributed by atoms with E-state index in [0.717, 1.165) is 6.07 Å². The Morgan fingerprint density at radius 3 is 2.22 bits per heavy atom. The standard InChI is InChI=1S/C24H25F6N3O2S/c1-22(2,3)13-33-12-17(20(24(28,29)30)32-36(34,35)14-8-9-14)15-10-11-19(31-21(15)33)16-6-4-5-7-18(16)23(25,26)27/h4-7,10-12,14,20,32H,8-9,13H2,1-3H3/t20-/m0/s1. The molecule has 12 heteroatoms. The summed E-state index contributed by atoms with van der Waals surface area (Å²) in [6, 6.07) is 4.78. The lowest BCUT2D eigenvalue weighted by molar-refractivity contribution is -0.152. The summed E-state index contributed by atoms with van der Waals surface area (Å²) >= 11 is 0. The van der Waals surface area contributed by atoms with Crippen molar-refractivity contribution in [1.29, 1.82) is 0 Å². The molecule has 1 N–H and O–H groups in total. The molecule has 0 spiro atoms. The number of nitrogens with zero attached hydrogens (tertiary/aromatic N) is 2. The van der Waals surface area contributed by atoms with Gasteiger partial charge in [0.2, 0.25) is 10.0 Å². The quantitative estimate of drug-likeness (QED) is 0.370. The second-order valence-corrected chi connectivity index (χ2v) is 12.2. The number of fused-ring (bicyclic) bond motifs is 1. The van der Waals surface area contributed by atoms with Crippen LogP contribution in [0.2, 0.25) is 0 Å².